The molecule has 0 saturated heterocycles. The van der Waals surface area contributed by atoms with Crippen LogP contribution in [0, 0.1) is 17.1 Å². The van der Waals surface area contributed by atoms with Crippen LogP contribution in [-0.4, -0.2) is 13.1 Å². The Labute approximate surface area is 124 Å². The lowest BCUT2D eigenvalue weighted by molar-refractivity contribution is 0.556. The third kappa shape index (κ3) is 3.39. The number of hydrogen-bond donors (Lipinski definition) is 1. The van der Waals surface area contributed by atoms with Crippen molar-refractivity contribution < 1.29 is 4.39 Å². The monoisotopic (exact) mass is 283 g/mol. The molecule has 21 heavy (non-hydrogen) atoms. The smallest absolute Gasteiger partial charge is 0.147 e. The van der Waals surface area contributed by atoms with Crippen molar-refractivity contribution in [3.05, 3.63) is 66.0 Å². The molecular formula is C17H18FN3. The van der Waals surface area contributed by atoms with E-state index < -0.39 is 5.54 Å². The molecule has 0 amide bonds. The molecule has 2 aromatic rings. The Hall–Kier alpha value is -2.38. The van der Waals surface area contributed by atoms with Gasteiger partial charge in [-0.25, -0.2) is 4.39 Å². The van der Waals surface area contributed by atoms with E-state index in [2.05, 4.69) is 6.07 Å². The predicted molar refractivity (Wildman–Crippen MR) is 82.2 cm³/mol. The predicted octanol–water partition coefficient (Wildman–Crippen LogP) is 3.03. The first-order chi connectivity index (χ1) is 10.1. The Morgan fingerprint density at radius 1 is 1.19 bits per heavy atom. The topological polar surface area (TPSA) is 53.0 Å². The minimum atomic E-state index is -1.14. The van der Waals surface area contributed by atoms with Crippen LogP contribution in [0.4, 0.5) is 10.1 Å². The Balaban J connectivity index is 2.30. The van der Waals surface area contributed by atoms with E-state index in [0.29, 0.717) is 13.1 Å². The van der Waals surface area contributed by atoms with E-state index in [-0.39, 0.29) is 5.82 Å². The van der Waals surface area contributed by atoms with Crippen LogP contribution in [0.25, 0.3) is 0 Å². The summed E-state index contributed by atoms with van der Waals surface area (Å²) in [6.45, 7) is 2.89. The third-order valence-corrected chi connectivity index (χ3v) is 3.48. The van der Waals surface area contributed by atoms with Gasteiger partial charge < -0.3 is 10.6 Å². The minimum Gasteiger partial charge on any atom is -0.368 e. The highest BCUT2D eigenvalue weighted by Crippen LogP contribution is 2.23. The van der Waals surface area contributed by atoms with Gasteiger partial charge in [-0.2, -0.15) is 5.26 Å². The summed E-state index contributed by atoms with van der Waals surface area (Å²) in [5.41, 5.74) is 6.61. The van der Waals surface area contributed by atoms with Crippen LogP contribution in [0.2, 0.25) is 0 Å². The van der Waals surface area contributed by atoms with E-state index in [1.807, 2.05) is 48.2 Å². The first-order valence-electron chi connectivity index (χ1n) is 6.85. The molecule has 2 rings (SSSR count). The molecule has 0 aromatic heterocycles. The summed E-state index contributed by atoms with van der Waals surface area (Å²) in [5.74, 6) is -0.301. The second kappa shape index (κ2) is 6.38. The van der Waals surface area contributed by atoms with Gasteiger partial charge in [0.2, 0.25) is 0 Å². The van der Waals surface area contributed by atoms with E-state index in [0.717, 1.165) is 11.3 Å². The molecule has 0 bridgehead atoms. The lowest BCUT2D eigenvalue weighted by Gasteiger charge is -2.31. The van der Waals surface area contributed by atoms with Gasteiger partial charge in [0.15, 0.2) is 0 Å². The second-order valence-corrected chi connectivity index (χ2v) is 4.94. The molecule has 0 saturated carbocycles. The number of nitrogens with zero attached hydrogens (tertiary/aromatic N) is 2. The number of hydrogen-bond acceptors (Lipinski definition) is 3. The summed E-state index contributed by atoms with van der Waals surface area (Å²) < 4.78 is 13.4. The van der Waals surface area contributed by atoms with Crippen molar-refractivity contribution >= 4 is 5.69 Å². The van der Waals surface area contributed by atoms with Crippen LogP contribution in [-0.2, 0) is 5.54 Å². The summed E-state index contributed by atoms with van der Waals surface area (Å²) in [6, 6.07) is 17.8. The molecule has 0 heterocycles. The van der Waals surface area contributed by atoms with Gasteiger partial charge in [0, 0.05) is 12.2 Å². The van der Waals surface area contributed by atoms with Gasteiger partial charge in [-0.1, -0.05) is 36.4 Å². The normalized spacial score (nSPS) is 13.2. The molecule has 1 unspecified atom stereocenters. The van der Waals surface area contributed by atoms with E-state index >= 15 is 0 Å². The zero-order valence-corrected chi connectivity index (χ0v) is 12.0. The molecule has 4 heteroatoms. The summed E-state index contributed by atoms with van der Waals surface area (Å²) in [6.07, 6.45) is 0. The van der Waals surface area contributed by atoms with Gasteiger partial charge in [0.05, 0.1) is 12.6 Å². The van der Waals surface area contributed by atoms with Crippen molar-refractivity contribution in [3.63, 3.8) is 0 Å². The molecule has 0 radical (unpaired) electrons. The molecule has 1 atom stereocenters. The standard InChI is InChI=1S/C17H18FN3/c1-2-21(16-10-6-9-15(18)11-16)13-17(20,12-19)14-7-4-3-5-8-14/h3-11H,2,13,20H2,1H3. The maximum atomic E-state index is 13.4. The van der Waals surface area contributed by atoms with E-state index in [9.17, 15) is 9.65 Å². The van der Waals surface area contributed by atoms with Crippen LogP contribution in [0.1, 0.15) is 12.5 Å². The number of rotatable bonds is 5. The summed E-state index contributed by atoms with van der Waals surface area (Å²) in [4.78, 5) is 1.90. The van der Waals surface area contributed by atoms with Crippen molar-refractivity contribution in [3.8, 4) is 6.07 Å². The van der Waals surface area contributed by atoms with Crippen molar-refractivity contribution in [1.29, 1.82) is 5.26 Å². The van der Waals surface area contributed by atoms with Gasteiger partial charge in [-0.15, -0.1) is 0 Å². The SMILES string of the molecule is CCN(CC(N)(C#N)c1ccccc1)c1cccc(F)c1. The van der Waals surface area contributed by atoms with Crippen molar-refractivity contribution in [1.82, 2.24) is 0 Å². The molecule has 2 N–H and O–H groups in total. The van der Waals surface area contributed by atoms with Crippen LogP contribution in [0.3, 0.4) is 0 Å². The summed E-state index contributed by atoms with van der Waals surface area (Å²) in [7, 11) is 0. The lowest BCUT2D eigenvalue weighted by atomic mass is 9.91. The highest BCUT2D eigenvalue weighted by Gasteiger charge is 2.29. The lowest BCUT2D eigenvalue weighted by Crippen LogP contribution is -2.47. The summed E-state index contributed by atoms with van der Waals surface area (Å²) >= 11 is 0. The van der Waals surface area contributed by atoms with Crippen molar-refractivity contribution in [2.24, 2.45) is 5.73 Å². The quantitative estimate of drug-likeness (QED) is 0.917. The number of halogens is 1. The Kier molecular flexibility index (Phi) is 4.56. The minimum absolute atomic E-state index is 0.299. The van der Waals surface area contributed by atoms with Gasteiger partial charge >= 0.3 is 0 Å². The second-order valence-electron chi connectivity index (χ2n) is 4.94. The molecule has 108 valence electrons. The Bertz CT molecular complexity index is 636. The largest absolute Gasteiger partial charge is 0.368 e. The molecule has 0 aliphatic heterocycles. The number of nitriles is 1. The summed E-state index contributed by atoms with van der Waals surface area (Å²) in [5, 5.41) is 9.51. The molecule has 2 aromatic carbocycles. The van der Waals surface area contributed by atoms with Gasteiger partial charge in [-0.05, 0) is 30.7 Å². The zero-order valence-electron chi connectivity index (χ0n) is 12.0. The Morgan fingerprint density at radius 2 is 1.90 bits per heavy atom. The average Bonchev–Trinajstić information content (AvgIpc) is 2.53. The van der Waals surface area contributed by atoms with Crippen molar-refractivity contribution in [2.75, 3.05) is 18.0 Å². The maximum absolute atomic E-state index is 13.4. The fourth-order valence-electron chi connectivity index (χ4n) is 2.29. The average molecular weight is 283 g/mol. The number of anilines is 1. The highest BCUT2D eigenvalue weighted by molar-refractivity contribution is 5.48. The number of benzene rings is 2. The van der Waals surface area contributed by atoms with Crippen LogP contribution in [0.15, 0.2) is 54.6 Å². The maximum Gasteiger partial charge on any atom is 0.147 e. The van der Waals surface area contributed by atoms with E-state index in [1.165, 1.54) is 12.1 Å². The van der Waals surface area contributed by atoms with E-state index in [1.54, 1.807) is 6.07 Å². The molecular weight excluding hydrogens is 265 g/mol. The fourth-order valence-corrected chi connectivity index (χ4v) is 2.29. The first-order valence-corrected chi connectivity index (χ1v) is 6.85. The fraction of sp³-hybridized carbons (Fsp3) is 0.235. The zero-order chi connectivity index (χ0) is 15.3. The molecule has 0 fully saturated rings. The van der Waals surface area contributed by atoms with Crippen LogP contribution < -0.4 is 10.6 Å². The number of likely N-dealkylation sites (N-methyl/N-ethyl adjacent to an activating group) is 1. The first kappa shape index (κ1) is 15.0. The number of nitrogens with two attached hydrogens (primary N) is 1. The van der Waals surface area contributed by atoms with E-state index in [4.69, 9.17) is 5.73 Å². The highest BCUT2D eigenvalue weighted by atomic mass is 19.1. The van der Waals surface area contributed by atoms with Gasteiger partial charge in [-0.3, -0.25) is 0 Å². The molecule has 3 nitrogen and oxygen atoms in total. The van der Waals surface area contributed by atoms with Gasteiger partial charge in [0.1, 0.15) is 11.4 Å². The molecule has 0 aliphatic carbocycles. The Morgan fingerprint density at radius 3 is 2.48 bits per heavy atom. The molecule has 0 aliphatic rings. The molecule has 0 spiro atoms. The van der Waals surface area contributed by atoms with Crippen LogP contribution in [0.5, 0.6) is 0 Å². The van der Waals surface area contributed by atoms with Crippen molar-refractivity contribution in [2.45, 2.75) is 12.5 Å². The van der Waals surface area contributed by atoms with Gasteiger partial charge in [0.25, 0.3) is 0 Å². The van der Waals surface area contributed by atoms with Crippen LogP contribution >= 0.6 is 0 Å². The third-order valence-electron chi connectivity index (χ3n) is 3.48.